The van der Waals surface area contributed by atoms with Crippen LogP contribution in [0, 0.1) is 11.6 Å². The van der Waals surface area contributed by atoms with Crippen molar-refractivity contribution in [3.05, 3.63) is 51.8 Å². The van der Waals surface area contributed by atoms with Crippen molar-refractivity contribution in [1.29, 1.82) is 0 Å². The van der Waals surface area contributed by atoms with Gasteiger partial charge in [0.15, 0.2) is 11.6 Å². The van der Waals surface area contributed by atoms with E-state index in [-0.39, 0.29) is 5.56 Å². The van der Waals surface area contributed by atoms with Crippen molar-refractivity contribution < 1.29 is 13.9 Å². The lowest BCUT2D eigenvalue weighted by Gasteiger charge is -2.13. The van der Waals surface area contributed by atoms with E-state index in [1.165, 1.54) is 23.0 Å². The molecule has 0 spiro atoms. The van der Waals surface area contributed by atoms with E-state index in [2.05, 4.69) is 21.0 Å². The molecule has 2 aromatic rings. The van der Waals surface area contributed by atoms with Gasteiger partial charge in [-0.15, -0.1) is 0 Å². The first-order chi connectivity index (χ1) is 8.02. The predicted molar refractivity (Wildman–Crippen MR) is 61.3 cm³/mol. The Bertz CT molecular complexity index is 537. The fourth-order valence-electron chi connectivity index (χ4n) is 1.61. The van der Waals surface area contributed by atoms with Crippen LogP contribution >= 0.6 is 15.9 Å². The van der Waals surface area contributed by atoms with Gasteiger partial charge in [0.2, 0.25) is 0 Å². The van der Waals surface area contributed by atoms with Gasteiger partial charge in [-0.1, -0.05) is 12.1 Å². The van der Waals surface area contributed by atoms with Gasteiger partial charge in [0, 0.05) is 12.6 Å². The molecular weight excluding hydrogens is 294 g/mol. The van der Waals surface area contributed by atoms with E-state index in [4.69, 9.17) is 0 Å². The van der Waals surface area contributed by atoms with Gasteiger partial charge in [0.05, 0.1) is 16.4 Å². The lowest BCUT2D eigenvalue weighted by atomic mass is 10.1. The van der Waals surface area contributed by atoms with Gasteiger partial charge in [0.25, 0.3) is 0 Å². The SMILES string of the molecule is Cn1ncc(Br)c1C(O)c1cccc(F)c1F. The van der Waals surface area contributed by atoms with E-state index in [0.717, 1.165) is 6.07 Å². The van der Waals surface area contributed by atoms with Crippen LogP contribution in [-0.4, -0.2) is 14.9 Å². The first-order valence-electron chi connectivity index (χ1n) is 4.81. The van der Waals surface area contributed by atoms with E-state index >= 15 is 0 Å². The highest BCUT2D eigenvalue weighted by molar-refractivity contribution is 9.10. The van der Waals surface area contributed by atoms with Crippen LogP contribution < -0.4 is 0 Å². The van der Waals surface area contributed by atoms with Gasteiger partial charge in [-0.3, -0.25) is 4.68 Å². The Labute approximate surface area is 105 Å². The molecule has 1 unspecified atom stereocenters. The van der Waals surface area contributed by atoms with Crippen molar-refractivity contribution in [2.75, 3.05) is 0 Å². The number of rotatable bonds is 2. The summed E-state index contributed by atoms with van der Waals surface area (Å²) in [4.78, 5) is 0. The molecular formula is C11H9BrF2N2O. The van der Waals surface area contributed by atoms with Gasteiger partial charge in [0.1, 0.15) is 6.10 Å². The minimum absolute atomic E-state index is 0.116. The molecule has 0 aliphatic rings. The summed E-state index contributed by atoms with van der Waals surface area (Å²) < 4.78 is 28.5. The van der Waals surface area contributed by atoms with Crippen LogP contribution in [0.25, 0.3) is 0 Å². The Morgan fingerprint density at radius 3 is 2.71 bits per heavy atom. The van der Waals surface area contributed by atoms with Crippen molar-refractivity contribution in [3.8, 4) is 0 Å². The highest BCUT2D eigenvalue weighted by Crippen LogP contribution is 2.29. The van der Waals surface area contributed by atoms with Crippen LogP contribution in [-0.2, 0) is 7.05 Å². The molecule has 3 nitrogen and oxygen atoms in total. The molecule has 17 heavy (non-hydrogen) atoms. The second-order valence-electron chi connectivity index (χ2n) is 3.55. The molecule has 1 aromatic heterocycles. The standard InChI is InChI=1S/C11H9BrF2N2O/c1-16-10(7(12)5-15-16)11(17)6-3-2-4-8(13)9(6)14/h2-5,11,17H,1H3. The first kappa shape index (κ1) is 12.2. The van der Waals surface area contributed by atoms with Crippen LogP contribution in [0.4, 0.5) is 8.78 Å². The zero-order valence-corrected chi connectivity index (χ0v) is 10.4. The molecule has 0 aliphatic heterocycles. The summed E-state index contributed by atoms with van der Waals surface area (Å²) in [6, 6.07) is 3.69. The summed E-state index contributed by atoms with van der Waals surface area (Å²) in [6.07, 6.45) is 0.211. The number of hydrogen-bond acceptors (Lipinski definition) is 2. The molecule has 6 heteroatoms. The summed E-state index contributed by atoms with van der Waals surface area (Å²) in [5, 5.41) is 14.0. The maximum Gasteiger partial charge on any atom is 0.165 e. The zero-order chi connectivity index (χ0) is 12.6. The largest absolute Gasteiger partial charge is 0.382 e. The molecule has 0 amide bonds. The topological polar surface area (TPSA) is 38.0 Å². The molecule has 0 fully saturated rings. The summed E-state index contributed by atoms with van der Waals surface area (Å²) in [6.45, 7) is 0. The fraction of sp³-hybridized carbons (Fsp3) is 0.182. The number of benzene rings is 1. The molecule has 90 valence electrons. The summed E-state index contributed by atoms with van der Waals surface area (Å²) >= 11 is 3.20. The minimum Gasteiger partial charge on any atom is -0.382 e. The monoisotopic (exact) mass is 302 g/mol. The molecule has 1 heterocycles. The van der Waals surface area contributed by atoms with Gasteiger partial charge < -0.3 is 5.11 Å². The number of halogens is 3. The van der Waals surface area contributed by atoms with E-state index in [1.54, 1.807) is 7.05 Å². The van der Waals surface area contributed by atoms with Crippen molar-refractivity contribution in [3.63, 3.8) is 0 Å². The van der Waals surface area contributed by atoms with Gasteiger partial charge in [-0.2, -0.15) is 5.10 Å². The van der Waals surface area contributed by atoms with Crippen LogP contribution in [0.2, 0.25) is 0 Å². The van der Waals surface area contributed by atoms with Gasteiger partial charge in [-0.05, 0) is 22.0 Å². The Kier molecular flexibility index (Phi) is 3.26. The van der Waals surface area contributed by atoms with E-state index < -0.39 is 17.7 Å². The molecule has 0 aliphatic carbocycles. The zero-order valence-electron chi connectivity index (χ0n) is 8.86. The lowest BCUT2D eigenvalue weighted by Crippen LogP contribution is -2.09. The predicted octanol–water partition coefficient (Wildman–Crippen LogP) is 2.54. The van der Waals surface area contributed by atoms with Crippen LogP contribution in [0.3, 0.4) is 0 Å². The van der Waals surface area contributed by atoms with Crippen molar-refractivity contribution in [2.24, 2.45) is 7.05 Å². The molecule has 0 saturated heterocycles. The fourth-order valence-corrected chi connectivity index (χ4v) is 2.17. The summed E-state index contributed by atoms with van der Waals surface area (Å²) in [5.41, 5.74) is 0.254. The Morgan fingerprint density at radius 1 is 1.41 bits per heavy atom. The lowest BCUT2D eigenvalue weighted by molar-refractivity contribution is 0.202. The number of aryl methyl sites for hydroxylation is 1. The van der Waals surface area contributed by atoms with Crippen LogP contribution in [0.15, 0.2) is 28.9 Å². The average molecular weight is 303 g/mol. The van der Waals surface area contributed by atoms with Gasteiger partial charge in [-0.25, -0.2) is 8.78 Å². The van der Waals surface area contributed by atoms with E-state index in [1.807, 2.05) is 0 Å². The number of aliphatic hydroxyl groups is 1. The Balaban J connectivity index is 2.51. The number of hydrogen-bond donors (Lipinski definition) is 1. The molecule has 1 aromatic carbocycles. The quantitative estimate of drug-likeness (QED) is 0.926. The molecule has 1 atom stereocenters. The van der Waals surface area contributed by atoms with Crippen LogP contribution in [0.5, 0.6) is 0 Å². The number of aliphatic hydroxyl groups excluding tert-OH is 1. The third-order valence-electron chi connectivity index (χ3n) is 2.47. The normalized spacial score (nSPS) is 12.8. The van der Waals surface area contributed by atoms with Crippen molar-refractivity contribution in [2.45, 2.75) is 6.10 Å². The highest BCUT2D eigenvalue weighted by Gasteiger charge is 2.22. The highest BCUT2D eigenvalue weighted by atomic mass is 79.9. The molecule has 1 N–H and O–H groups in total. The van der Waals surface area contributed by atoms with Crippen molar-refractivity contribution >= 4 is 15.9 Å². The smallest absolute Gasteiger partial charge is 0.165 e. The molecule has 0 bridgehead atoms. The first-order valence-corrected chi connectivity index (χ1v) is 5.61. The average Bonchev–Trinajstić information content (AvgIpc) is 2.62. The van der Waals surface area contributed by atoms with Crippen LogP contribution in [0.1, 0.15) is 17.4 Å². The van der Waals surface area contributed by atoms with E-state index in [0.29, 0.717) is 10.2 Å². The maximum atomic E-state index is 13.5. The number of aromatic nitrogens is 2. The Morgan fingerprint density at radius 2 is 2.12 bits per heavy atom. The summed E-state index contributed by atoms with van der Waals surface area (Å²) in [7, 11) is 1.61. The van der Waals surface area contributed by atoms with E-state index in [9.17, 15) is 13.9 Å². The number of nitrogens with zero attached hydrogens (tertiary/aromatic N) is 2. The second-order valence-corrected chi connectivity index (χ2v) is 4.40. The summed E-state index contributed by atoms with van der Waals surface area (Å²) in [5.74, 6) is -2.03. The minimum atomic E-state index is -1.27. The molecule has 2 rings (SSSR count). The molecule has 0 saturated carbocycles. The third-order valence-corrected chi connectivity index (χ3v) is 3.08. The Hall–Kier alpha value is -1.27. The van der Waals surface area contributed by atoms with Gasteiger partial charge >= 0.3 is 0 Å². The van der Waals surface area contributed by atoms with Crippen molar-refractivity contribution in [1.82, 2.24) is 9.78 Å². The second kappa shape index (κ2) is 4.54. The third kappa shape index (κ3) is 2.10. The molecule has 0 radical (unpaired) electrons. The maximum absolute atomic E-state index is 13.5.